The van der Waals surface area contributed by atoms with Gasteiger partial charge in [-0.25, -0.2) is 4.39 Å². The Kier molecular flexibility index (Phi) is 5.73. The van der Waals surface area contributed by atoms with Gasteiger partial charge in [-0.2, -0.15) is 15.0 Å². The van der Waals surface area contributed by atoms with E-state index in [9.17, 15) is 4.39 Å². The summed E-state index contributed by atoms with van der Waals surface area (Å²) in [5.74, 6) is 0.907. The van der Waals surface area contributed by atoms with Crippen LogP contribution in [0.2, 0.25) is 5.02 Å². The van der Waals surface area contributed by atoms with E-state index in [0.717, 1.165) is 26.2 Å². The average Bonchev–Trinajstić information content (AvgIpc) is 2.62. The second-order valence-electron chi connectivity index (χ2n) is 6.23. The minimum Gasteiger partial charge on any atom is -0.481 e. The number of hydrogen-bond acceptors (Lipinski definition) is 7. The van der Waals surface area contributed by atoms with Gasteiger partial charge in [-0.1, -0.05) is 18.5 Å². The Bertz CT molecular complexity index is 769. The molecular weight excluding hydrogens is 359 g/mol. The van der Waals surface area contributed by atoms with E-state index in [0.29, 0.717) is 23.2 Å². The van der Waals surface area contributed by atoms with E-state index >= 15 is 0 Å². The maximum Gasteiger partial charge on any atom is 0.230 e. The number of nitrogens with zero attached hydrogens (tertiary/aromatic N) is 5. The molecule has 1 unspecified atom stereocenters. The Morgan fingerprint density at radius 2 is 1.96 bits per heavy atom. The van der Waals surface area contributed by atoms with Crippen LogP contribution in [0.1, 0.15) is 25.3 Å². The van der Waals surface area contributed by atoms with Crippen molar-refractivity contribution in [1.29, 1.82) is 0 Å². The largest absolute Gasteiger partial charge is 0.481 e. The minimum absolute atomic E-state index is 0.135. The zero-order valence-corrected chi connectivity index (χ0v) is 15.6. The molecule has 0 bridgehead atoms. The molecule has 7 nitrogen and oxygen atoms in total. The SMILES string of the molecule is CCC(Oc1cc(F)ccc1Cl)c1nc(N)nc(N2CCN(C)CC2)n1. The Morgan fingerprint density at radius 3 is 2.65 bits per heavy atom. The summed E-state index contributed by atoms with van der Waals surface area (Å²) in [6.45, 7) is 5.40. The summed E-state index contributed by atoms with van der Waals surface area (Å²) < 4.78 is 19.4. The van der Waals surface area contributed by atoms with Gasteiger partial charge in [0.15, 0.2) is 11.9 Å². The summed E-state index contributed by atoms with van der Waals surface area (Å²) in [4.78, 5) is 17.3. The summed E-state index contributed by atoms with van der Waals surface area (Å²) >= 11 is 6.10. The van der Waals surface area contributed by atoms with Crippen LogP contribution < -0.4 is 15.4 Å². The molecule has 140 valence electrons. The van der Waals surface area contributed by atoms with Gasteiger partial charge in [-0.05, 0) is 25.6 Å². The van der Waals surface area contributed by atoms with Crippen molar-refractivity contribution in [3.63, 3.8) is 0 Å². The molecule has 9 heteroatoms. The normalized spacial score (nSPS) is 16.5. The number of benzene rings is 1. The molecule has 0 spiro atoms. The third-order valence-electron chi connectivity index (χ3n) is 4.27. The molecule has 0 amide bonds. The van der Waals surface area contributed by atoms with Crippen LogP contribution in [0.4, 0.5) is 16.3 Å². The molecule has 0 saturated carbocycles. The number of aromatic nitrogens is 3. The highest BCUT2D eigenvalue weighted by atomic mass is 35.5. The lowest BCUT2D eigenvalue weighted by Crippen LogP contribution is -2.45. The van der Waals surface area contributed by atoms with E-state index in [1.807, 2.05) is 6.92 Å². The molecule has 1 aliphatic rings. The first-order chi connectivity index (χ1) is 12.5. The Labute approximate surface area is 157 Å². The Balaban J connectivity index is 1.85. The number of halogens is 2. The van der Waals surface area contributed by atoms with Crippen LogP contribution in [0, 0.1) is 5.82 Å². The van der Waals surface area contributed by atoms with Crippen molar-refractivity contribution in [1.82, 2.24) is 19.9 Å². The van der Waals surface area contributed by atoms with E-state index in [1.165, 1.54) is 18.2 Å². The Hall–Kier alpha value is -2.19. The molecule has 1 atom stereocenters. The van der Waals surface area contributed by atoms with Crippen molar-refractivity contribution in [2.75, 3.05) is 43.9 Å². The van der Waals surface area contributed by atoms with Crippen LogP contribution in [-0.4, -0.2) is 53.1 Å². The molecule has 2 aromatic rings. The molecule has 26 heavy (non-hydrogen) atoms. The van der Waals surface area contributed by atoms with E-state index < -0.39 is 11.9 Å². The van der Waals surface area contributed by atoms with Crippen molar-refractivity contribution in [2.45, 2.75) is 19.4 Å². The number of nitrogen functional groups attached to an aromatic ring is 1. The topological polar surface area (TPSA) is 80.4 Å². The third kappa shape index (κ3) is 4.31. The maximum absolute atomic E-state index is 13.5. The summed E-state index contributed by atoms with van der Waals surface area (Å²) in [5, 5.41) is 0.325. The lowest BCUT2D eigenvalue weighted by molar-refractivity contribution is 0.190. The predicted octanol–water partition coefficient (Wildman–Crippen LogP) is 2.53. The monoisotopic (exact) mass is 380 g/mol. The van der Waals surface area contributed by atoms with E-state index in [1.54, 1.807) is 0 Å². The number of piperazine rings is 1. The number of anilines is 2. The van der Waals surface area contributed by atoms with E-state index in [4.69, 9.17) is 22.1 Å². The average molecular weight is 381 g/mol. The molecular formula is C17H22ClFN6O. The van der Waals surface area contributed by atoms with Crippen LogP contribution in [0.3, 0.4) is 0 Å². The van der Waals surface area contributed by atoms with Crippen LogP contribution in [0.5, 0.6) is 5.75 Å². The van der Waals surface area contributed by atoms with Crippen LogP contribution in [0.25, 0.3) is 0 Å². The second kappa shape index (κ2) is 8.01. The molecule has 2 N–H and O–H groups in total. The van der Waals surface area contributed by atoms with Crippen molar-refractivity contribution in [2.24, 2.45) is 0 Å². The molecule has 3 rings (SSSR count). The third-order valence-corrected chi connectivity index (χ3v) is 4.58. The van der Waals surface area contributed by atoms with Gasteiger partial charge in [0.1, 0.15) is 11.6 Å². The van der Waals surface area contributed by atoms with Crippen molar-refractivity contribution >= 4 is 23.5 Å². The van der Waals surface area contributed by atoms with Crippen molar-refractivity contribution in [3.05, 3.63) is 34.9 Å². The van der Waals surface area contributed by atoms with Gasteiger partial charge in [0, 0.05) is 32.2 Å². The molecule has 1 aromatic heterocycles. The van der Waals surface area contributed by atoms with Crippen molar-refractivity contribution in [3.8, 4) is 5.75 Å². The Morgan fingerprint density at radius 1 is 1.23 bits per heavy atom. The quantitative estimate of drug-likeness (QED) is 0.853. The highest BCUT2D eigenvalue weighted by Gasteiger charge is 2.22. The highest BCUT2D eigenvalue weighted by Crippen LogP contribution is 2.30. The number of nitrogens with two attached hydrogens (primary N) is 1. The summed E-state index contributed by atoms with van der Waals surface area (Å²) in [7, 11) is 2.08. The summed E-state index contributed by atoms with van der Waals surface area (Å²) in [5.41, 5.74) is 5.89. The fourth-order valence-electron chi connectivity index (χ4n) is 2.73. The first-order valence-corrected chi connectivity index (χ1v) is 8.90. The zero-order chi connectivity index (χ0) is 18.7. The molecule has 1 saturated heterocycles. The summed E-state index contributed by atoms with van der Waals surface area (Å²) in [6.07, 6.45) is 0.0594. The fourth-order valence-corrected chi connectivity index (χ4v) is 2.89. The standard InChI is InChI=1S/C17H22ClFN6O/c1-3-13(26-14-10-11(19)4-5-12(14)18)15-21-16(20)23-17(22-15)25-8-6-24(2)7-9-25/h4-5,10,13H,3,6-9H2,1-2H3,(H2,20,21,22,23). The molecule has 0 aliphatic carbocycles. The maximum atomic E-state index is 13.5. The minimum atomic E-state index is -0.509. The fraction of sp³-hybridized carbons (Fsp3) is 0.471. The number of rotatable bonds is 5. The first-order valence-electron chi connectivity index (χ1n) is 8.53. The van der Waals surface area contributed by atoms with Gasteiger partial charge in [-0.15, -0.1) is 0 Å². The predicted molar refractivity (Wildman–Crippen MR) is 99.0 cm³/mol. The van der Waals surface area contributed by atoms with E-state index in [2.05, 4.69) is 31.8 Å². The van der Waals surface area contributed by atoms with Gasteiger partial charge in [0.05, 0.1) is 5.02 Å². The van der Waals surface area contributed by atoms with Gasteiger partial charge >= 0.3 is 0 Å². The van der Waals surface area contributed by atoms with Crippen LogP contribution >= 0.6 is 11.6 Å². The van der Waals surface area contributed by atoms with Crippen molar-refractivity contribution < 1.29 is 9.13 Å². The summed E-state index contributed by atoms with van der Waals surface area (Å²) in [6, 6.07) is 3.98. The molecule has 0 radical (unpaired) electrons. The lowest BCUT2D eigenvalue weighted by atomic mass is 10.2. The van der Waals surface area contributed by atoms with Gasteiger partial charge < -0.3 is 20.3 Å². The zero-order valence-electron chi connectivity index (χ0n) is 14.8. The van der Waals surface area contributed by atoms with Crippen LogP contribution in [-0.2, 0) is 0 Å². The van der Waals surface area contributed by atoms with Crippen LogP contribution in [0.15, 0.2) is 18.2 Å². The van der Waals surface area contributed by atoms with Gasteiger partial charge in [0.2, 0.25) is 11.9 Å². The number of likely N-dealkylation sites (N-methyl/N-ethyl adjacent to an activating group) is 1. The molecule has 1 aromatic carbocycles. The van der Waals surface area contributed by atoms with Gasteiger partial charge in [0.25, 0.3) is 0 Å². The van der Waals surface area contributed by atoms with Gasteiger partial charge in [-0.3, -0.25) is 0 Å². The number of hydrogen-bond donors (Lipinski definition) is 1. The number of ether oxygens (including phenoxy) is 1. The smallest absolute Gasteiger partial charge is 0.230 e. The second-order valence-corrected chi connectivity index (χ2v) is 6.64. The molecule has 2 heterocycles. The first kappa shape index (κ1) is 18.6. The molecule has 1 aliphatic heterocycles. The lowest BCUT2D eigenvalue weighted by Gasteiger charge is -2.32. The molecule has 1 fully saturated rings. The van der Waals surface area contributed by atoms with E-state index in [-0.39, 0.29) is 11.7 Å². The highest BCUT2D eigenvalue weighted by molar-refractivity contribution is 6.32.